The van der Waals surface area contributed by atoms with Gasteiger partial charge in [-0.3, -0.25) is 4.79 Å². The summed E-state index contributed by atoms with van der Waals surface area (Å²) in [5.41, 5.74) is 0. The van der Waals surface area contributed by atoms with Crippen LogP contribution in [0, 0.1) is 23.7 Å². The fraction of sp³-hybridized carbons (Fsp3) is 0.708. The first kappa shape index (κ1) is 20.2. The summed E-state index contributed by atoms with van der Waals surface area (Å²) in [7, 11) is 0. The van der Waals surface area contributed by atoms with Crippen molar-refractivity contribution < 1.29 is 14.3 Å². The fourth-order valence-electron chi connectivity index (χ4n) is 4.72. The van der Waals surface area contributed by atoms with Gasteiger partial charge in [0.1, 0.15) is 11.5 Å². The molecular weight excluding hydrogens is 336 g/mol. The molecule has 0 aromatic heterocycles. The minimum absolute atomic E-state index is 0.0506. The second kappa shape index (κ2) is 10.1. The molecule has 1 aromatic rings. The van der Waals surface area contributed by atoms with E-state index in [-0.39, 0.29) is 11.9 Å². The van der Waals surface area contributed by atoms with Crippen LogP contribution in [0.25, 0.3) is 0 Å². The standard InChI is InChI=1S/C24H36O3/c1-3-4-17-26-22-13-15-23(16-14-22)27-24(25)21-11-9-20(10-12-21)19-7-5-18(2)6-8-19/h13-16,18-21H,3-12,17H2,1-2H3. The summed E-state index contributed by atoms with van der Waals surface area (Å²) in [5, 5.41) is 0. The SMILES string of the molecule is CCCCOc1ccc(OC(=O)C2CCC(C3CCC(C)CC3)CC2)cc1. The van der Waals surface area contributed by atoms with Crippen LogP contribution in [-0.2, 0) is 4.79 Å². The maximum Gasteiger partial charge on any atom is 0.314 e. The second-order valence-electron chi connectivity index (χ2n) is 8.73. The third kappa shape index (κ3) is 5.99. The molecule has 3 rings (SSSR count). The molecule has 2 saturated carbocycles. The highest BCUT2D eigenvalue weighted by molar-refractivity contribution is 5.75. The molecule has 3 heteroatoms. The van der Waals surface area contributed by atoms with Crippen LogP contribution >= 0.6 is 0 Å². The molecule has 0 saturated heterocycles. The fourth-order valence-corrected chi connectivity index (χ4v) is 4.72. The van der Waals surface area contributed by atoms with Crippen molar-refractivity contribution in [1.29, 1.82) is 0 Å². The Morgan fingerprint density at radius 3 is 2.04 bits per heavy atom. The highest BCUT2D eigenvalue weighted by Gasteiger charge is 2.33. The molecule has 0 radical (unpaired) electrons. The lowest BCUT2D eigenvalue weighted by molar-refractivity contribution is -0.140. The summed E-state index contributed by atoms with van der Waals surface area (Å²) < 4.78 is 11.3. The van der Waals surface area contributed by atoms with E-state index in [4.69, 9.17) is 9.47 Å². The zero-order valence-corrected chi connectivity index (χ0v) is 17.1. The first-order valence-corrected chi connectivity index (χ1v) is 11.1. The Bertz CT molecular complexity index is 564. The van der Waals surface area contributed by atoms with E-state index >= 15 is 0 Å². The van der Waals surface area contributed by atoms with Crippen molar-refractivity contribution in [3.8, 4) is 11.5 Å². The van der Waals surface area contributed by atoms with Crippen molar-refractivity contribution in [2.24, 2.45) is 23.7 Å². The number of hydrogen-bond acceptors (Lipinski definition) is 3. The number of esters is 1. The zero-order chi connectivity index (χ0) is 19.1. The van der Waals surface area contributed by atoms with Gasteiger partial charge in [-0.15, -0.1) is 0 Å². The molecule has 150 valence electrons. The lowest BCUT2D eigenvalue weighted by Crippen LogP contribution is -2.29. The van der Waals surface area contributed by atoms with E-state index in [0.717, 1.165) is 55.8 Å². The molecule has 0 aliphatic heterocycles. The molecule has 0 N–H and O–H groups in total. The minimum Gasteiger partial charge on any atom is -0.494 e. The van der Waals surface area contributed by atoms with Crippen LogP contribution in [0.4, 0.5) is 0 Å². The number of hydrogen-bond donors (Lipinski definition) is 0. The average molecular weight is 373 g/mol. The summed E-state index contributed by atoms with van der Waals surface area (Å²) in [6, 6.07) is 7.46. The van der Waals surface area contributed by atoms with Gasteiger partial charge in [0.15, 0.2) is 0 Å². The lowest BCUT2D eigenvalue weighted by atomic mass is 9.69. The maximum atomic E-state index is 12.5. The Kier molecular flexibility index (Phi) is 7.60. The van der Waals surface area contributed by atoms with Gasteiger partial charge in [0.2, 0.25) is 0 Å². The molecule has 1 aromatic carbocycles. The summed E-state index contributed by atoms with van der Waals surface area (Å²) >= 11 is 0. The maximum absolute atomic E-state index is 12.5. The molecule has 27 heavy (non-hydrogen) atoms. The molecule has 2 aliphatic rings. The predicted molar refractivity (Wildman–Crippen MR) is 109 cm³/mol. The van der Waals surface area contributed by atoms with Crippen LogP contribution in [0.1, 0.15) is 78.1 Å². The number of benzene rings is 1. The third-order valence-corrected chi connectivity index (χ3v) is 6.64. The van der Waals surface area contributed by atoms with Crippen LogP contribution in [0.15, 0.2) is 24.3 Å². The van der Waals surface area contributed by atoms with E-state index in [1.54, 1.807) is 0 Å². The van der Waals surface area contributed by atoms with Crippen molar-refractivity contribution >= 4 is 5.97 Å². The quantitative estimate of drug-likeness (QED) is 0.315. The molecule has 0 bridgehead atoms. The van der Waals surface area contributed by atoms with E-state index in [2.05, 4.69) is 13.8 Å². The van der Waals surface area contributed by atoms with Gasteiger partial charge >= 0.3 is 5.97 Å². The van der Waals surface area contributed by atoms with Crippen LogP contribution in [0.3, 0.4) is 0 Å². The first-order valence-electron chi connectivity index (χ1n) is 11.1. The first-order chi connectivity index (χ1) is 13.2. The average Bonchev–Trinajstić information content (AvgIpc) is 2.70. The normalized spacial score (nSPS) is 28.5. The number of ether oxygens (including phenoxy) is 2. The van der Waals surface area contributed by atoms with Gasteiger partial charge in [-0.2, -0.15) is 0 Å². The van der Waals surface area contributed by atoms with Gasteiger partial charge in [0.05, 0.1) is 12.5 Å². The van der Waals surface area contributed by atoms with Crippen LogP contribution in [0.5, 0.6) is 11.5 Å². The number of unbranched alkanes of at least 4 members (excludes halogenated alkanes) is 1. The topological polar surface area (TPSA) is 35.5 Å². The largest absolute Gasteiger partial charge is 0.494 e. The van der Waals surface area contributed by atoms with E-state index in [0.29, 0.717) is 5.75 Å². The number of carbonyl (C=O) groups excluding carboxylic acids is 1. The van der Waals surface area contributed by atoms with Gasteiger partial charge in [0, 0.05) is 0 Å². The third-order valence-electron chi connectivity index (χ3n) is 6.64. The molecule has 2 fully saturated rings. The van der Waals surface area contributed by atoms with Crippen LogP contribution in [-0.4, -0.2) is 12.6 Å². The zero-order valence-electron chi connectivity index (χ0n) is 17.1. The highest BCUT2D eigenvalue weighted by atomic mass is 16.5. The van der Waals surface area contributed by atoms with Crippen molar-refractivity contribution in [2.45, 2.75) is 78.1 Å². The summed E-state index contributed by atoms with van der Waals surface area (Å²) in [5.74, 6) is 4.14. The smallest absolute Gasteiger partial charge is 0.314 e. The monoisotopic (exact) mass is 372 g/mol. The Hall–Kier alpha value is -1.51. The molecule has 0 spiro atoms. The number of rotatable bonds is 7. The highest BCUT2D eigenvalue weighted by Crippen LogP contribution is 2.41. The Balaban J connectivity index is 1.41. The molecule has 2 aliphatic carbocycles. The number of carbonyl (C=O) groups is 1. The van der Waals surface area contributed by atoms with Crippen LogP contribution < -0.4 is 9.47 Å². The van der Waals surface area contributed by atoms with Crippen molar-refractivity contribution in [3.05, 3.63) is 24.3 Å². The van der Waals surface area contributed by atoms with Gasteiger partial charge in [0.25, 0.3) is 0 Å². The van der Waals surface area contributed by atoms with Gasteiger partial charge in [-0.25, -0.2) is 0 Å². The Morgan fingerprint density at radius 2 is 1.44 bits per heavy atom. The molecule has 0 unspecified atom stereocenters. The van der Waals surface area contributed by atoms with Gasteiger partial charge in [-0.05, 0) is 87.0 Å². The predicted octanol–water partition coefficient (Wildman–Crippen LogP) is 6.40. The molecule has 0 amide bonds. The lowest BCUT2D eigenvalue weighted by Gasteiger charge is -2.36. The molecular formula is C24H36O3. The summed E-state index contributed by atoms with van der Waals surface area (Å²) in [6.45, 7) is 5.26. The van der Waals surface area contributed by atoms with Gasteiger partial charge < -0.3 is 9.47 Å². The molecule has 3 nitrogen and oxygen atoms in total. The minimum atomic E-state index is -0.0506. The Labute approximate surface area is 164 Å². The van der Waals surface area contributed by atoms with E-state index < -0.39 is 0 Å². The van der Waals surface area contributed by atoms with Crippen molar-refractivity contribution in [2.75, 3.05) is 6.61 Å². The van der Waals surface area contributed by atoms with Crippen molar-refractivity contribution in [3.63, 3.8) is 0 Å². The van der Waals surface area contributed by atoms with Gasteiger partial charge in [-0.1, -0.05) is 33.1 Å². The van der Waals surface area contributed by atoms with Crippen LogP contribution in [0.2, 0.25) is 0 Å². The van der Waals surface area contributed by atoms with Crippen molar-refractivity contribution in [1.82, 2.24) is 0 Å². The summed E-state index contributed by atoms with van der Waals surface area (Å²) in [4.78, 5) is 12.5. The van der Waals surface area contributed by atoms with E-state index in [1.807, 2.05) is 24.3 Å². The molecule has 0 heterocycles. The summed E-state index contributed by atoms with van der Waals surface area (Å²) in [6.07, 6.45) is 12.1. The van der Waals surface area contributed by atoms with E-state index in [1.165, 1.54) is 38.5 Å². The Morgan fingerprint density at radius 1 is 0.889 bits per heavy atom. The van der Waals surface area contributed by atoms with E-state index in [9.17, 15) is 4.79 Å². The molecule has 0 atom stereocenters. The second-order valence-corrected chi connectivity index (χ2v) is 8.73.